The number of hydrogen-bond acceptors (Lipinski definition) is 5. The Hall–Kier alpha value is -0.660. The van der Waals surface area contributed by atoms with Crippen LogP contribution in [0.4, 0.5) is 0 Å². The van der Waals surface area contributed by atoms with Gasteiger partial charge in [-0.05, 0) is 19.3 Å². The lowest BCUT2D eigenvalue weighted by Crippen LogP contribution is -2.42. The Labute approximate surface area is 102 Å². The van der Waals surface area contributed by atoms with Gasteiger partial charge in [-0.3, -0.25) is 4.79 Å². The lowest BCUT2D eigenvalue weighted by molar-refractivity contribution is -0.144. The molecule has 1 rings (SSSR count). The Morgan fingerprint density at radius 3 is 2.71 bits per heavy atom. The minimum atomic E-state index is -3.38. The molecule has 0 radical (unpaired) electrons. The highest BCUT2D eigenvalue weighted by Crippen LogP contribution is 2.22. The van der Waals surface area contributed by atoms with Crippen LogP contribution in [0.3, 0.4) is 0 Å². The number of rotatable bonds is 6. The largest absolute Gasteiger partial charge is 0.468 e. The first-order chi connectivity index (χ1) is 8.03. The molecule has 0 aromatic heterocycles. The molecule has 0 amide bonds. The molecular weight excluding hydrogens is 246 g/mol. The van der Waals surface area contributed by atoms with Crippen molar-refractivity contribution in [1.82, 2.24) is 4.31 Å². The van der Waals surface area contributed by atoms with Gasteiger partial charge in [-0.25, -0.2) is 8.42 Å². The highest BCUT2D eigenvalue weighted by atomic mass is 32.2. The molecule has 0 saturated carbocycles. The van der Waals surface area contributed by atoms with Crippen LogP contribution in [0.2, 0.25) is 0 Å². The minimum absolute atomic E-state index is 0.00827. The van der Waals surface area contributed by atoms with Crippen molar-refractivity contribution in [3.63, 3.8) is 0 Å². The number of carbonyl (C=O) groups excluding carboxylic acids is 1. The molecular formula is C10H19NO5S. The summed E-state index contributed by atoms with van der Waals surface area (Å²) in [5.41, 5.74) is 0. The van der Waals surface area contributed by atoms with Crippen LogP contribution in [0, 0.1) is 0 Å². The lowest BCUT2D eigenvalue weighted by atomic mass is 10.2. The topological polar surface area (TPSA) is 72.9 Å². The maximum atomic E-state index is 12.0. The van der Waals surface area contributed by atoms with Gasteiger partial charge in [0, 0.05) is 20.3 Å². The Balaban J connectivity index is 2.66. The maximum Gasteiger partial charge on any atom is 0.324 e. The number of sulfonamides is 1. The van der Waals surface area contributed by atoms with Gasteiger partial charge < -0.3 is 9.47 Å². The molecule has 0 aromatic rings. The molecule has 1 atom stereocenters. The molecule has 6 nitrogen and oxygen atoms in total. The number of ether oxygens (including phenoxy) is 2. The van der Waals surface area contributed by atoms with Gasteiger partial charge in [0.05, 0.1) is 12.9 Å². The lowest BCUT2D eigenvalue weighted by Gasteiger charge is -2.21. The van der Waals surface area contributed by atoms with Gasteiger partial charge >= 0.3 is 5.97 Å². The average Bonchev–Trinajstić information content (AvgIpc) is 2.78. The van der Waals surface area contributed by atoms with Crippen molar-refractivity contribution in [1.29, 1.82) is 0 Å². The second-order valence-electron chi connectivity index (χ2n) is 3.95. The third kappa shape index (κ3) is 3.65. The Morgan fingerprint density at radius 2 is 2.12 bits per heavy atom. The number of carbonyl (C=O) groups is 1. The molecule has 0 bridgehead atoms. The summed E-state index contributed by atoms with van der Waals surface area (Å²) in [6.07, 6.45) is 1.67. The predicted molar refractivity (Wildman–Crippen MR) is 62.0 cm³/mol. The quantitative estimate of drug-likeness (QED) is 0.499. The molecule has 1 aliphatic heterocycles. The summed E-state index contributed by atoms with van der Waals surface area (Å²) in [6.45, 7) is 0.797. The van der Waals surface area contributed by atoms with Gasteiger partial charge in [0.1, 0.15) is 6.04 Å². The molecule has 1 heterocycles. The summed E-state index contributed by atoms with van der Waals surface area (Å²) in [7, 11) is -0.582. The fraction of sp³-hybridized carbons (Fsp3) is 0.900. The van der Waals surface area contributed by atoms with E-state index in [1.54, 1.807) is 0 Å². The molecule has 17 heavy (non-hydrogen) atoms. The van der Waals surface area contributed by atoms with Gasteiger partial charge in [-0.15, -0.1) is 0 Å². The number of esters is 1. The normalized spacial score (nSPS) is 21.6. The van der Waals surface area contributed by atoms with Crippen LogP contribution >= 0.6 is 0 Å². The highest BCUT2D eigenvalue weighted by molar-refractivity contribution is 7.89. The summed E-state index contributed by atoms with van der Waals surface area (Å²) in [5, 5.41) is 0. The van der Waals surface area contributed by atoms with Crippen LogP contribution in [0.15, 0.2) is 0 Å². The molecule has 0 aromatic carbocycles. The summed E-state index contributed by atoms with van der Waals surface area (Å²) >= 11 is 0. The molecule has 1 aliphatic rings. The molecule has 0 aliphatic carbocycles. The molecule has 0 spiro atoms. The van der Waals surface area contributed by atoms with E-state index in [1.807, 2.05) is 0 Å². The van der Waals surface area contributed by atoms with E-state index in [-0.39, 0.29) is 5.75 Å². The van der Waals surface area contributed by atoms with Crippen LogP contribution in [0.5, 0.6) is 0 Å². The van der Waals surface area contributed by atoms with Crippen molar-refractivity contribution in [3.8, 4) is 0 Å². The summed E-state index contributed by atoms with van der Waals surface area (Å²) < 4.78 is 34.7. The standard InChI is InChI=1S/C10H19NO5S/c1-15-7-4-8-17(13,14)11-6-3-5-9(11)10(12)16-2/h9H,3-8H2,1-2H3. The van der Waals surface area contributed by atoms with Crippen LogP contribution in [0.25, 0.3) is 0 Å². The predicted octanol–water partition coefficient (Wildman–Crippen LogP) is -0.00990. The van der Waals surface area contributed by atoms with E-state index in [1.165, 1.54) is 18.5 Å². The molecule has 0 N–H and O–H groups in total. The summed E-state index contributed by atoms with van der Waals surface area (Å²) in [6, 6.07) is -0.646. The van der Waals surface area contributed by atoms with Gasteiger partial charge in [-0.1, -0.05) is 0 Å². The smallest absolute Gasteiger partial charge is 0.324 e. The fourth-order valence-electron chi connectivity index (χ4n) is 1.95. The number of nitrogens with zero attached hydrogens (tertiary/aromatic N) is 1. The minimum Gasteiger partial charge on any atom is -0.468 e. The third-order valence-electron chi connectivity index (χ3n) is 2.79. The molecule has 1 unspecified atom stereocenters. The zero-order chi connectivity index (χ0) is 12.9. The summed E-state index contributed by atoms with van der Waals surface area (Å²) in [4.78, 5) is 11.4. The Kier molecular flexibility index (Phi) is 5.35. The van der Waals surface area contributed by atoms with Crippen LogP contribution in [-0.2, 0) is 24.3 Å². The van der Waals surface area contributed by atoms with Crippen molar-refractivity contribution in [2.24, 2.45) is 0 Å². The van der Waals surface area contributed by atoms with E-state index in [4.69, 9.17) is 4.74 Å². The van der Waals surface area contributed by atoms with Crippen LogP contribution in [-0.4, -0.2) is 57.9 Å². The van der Waals surface area contributed by atoms with E-state index >= 15 is 0 Å². The van der Waals surface area contributed by atoms with E-state index in [2.05, 4.69) is 4.74 Å². The van der Waals surface area contributed by atoms with E-state index < -0.39 is 22.0 Å². The van der Waals surface area contributed by atoms with Crippen molar-refractivity contribution in [2.45, 2.75) is 25.3 Å². The van der Waals surface area contributed by atoms with Crippen molar-refractivity contribution < 1.29 is 22.7 Å². The van der Waals surface area contributed by atoms with Crippen molar-refractivity contribution >= 4 is 16.0 Å². The number of hydrogen-bond donors (Lipinski definition) is 0. The monoisotopic (exact) mass is 265 g/mol. The first-order valence-electron chi connectivity index (χ1n) is 5.59. The van der Waals surface area contributed by atoms with E-state index in [0.717, 1.165) is 0 Å². The number of methoxy groups -OCH3 is 2. The van der Waals surface area contributed by atoms with Gasteiger partial charge in [0.25, 0.3) is 0 Å². The van der Waals surface area contributed by atoms with Gasteiger partial charge in [0.2, 0.25) is 10.0 Å². The molecule has 1 saturated heterocycles. The van der Waals surface area contributed by atoms with Crippen LogP contribution in [0.1, 0.15) is 19.3 Å². The summed E-state index contributed by atoms with van der Waals surface area (Å²) in [5.74, 6) is -0.466. The average molecular weight is 265 g/mol. The van der Waals surface area contributed by atoms with E-state index in [0.29, 0.717) is 32.4 Å². The van der Waals surface area contributed by atoms with Crippen molar-refractivity contribution in [2.75, 3.05) is 33.1 Å². The molecule has 100 valence electrons. The fourth-order valence-corrected chi connectivity index (χ4v) is 3.65. The SMILES string of the molecule is COCCCS(=O)(=O)N1CCCC1C(=O)OC. The Morgan fingerprint density at radius 1 is 1.41 bits per heavy atom. The molecule has 1 fully saturated rings. The third-order valence-corrected chi connectivity index (χ3v) is 4.74. The maximum absolute atomic E-state index is 12.0. The second kappa shape index (κ2) is 6.32. The Bertz CT molecular complexity index is 354. The second-order valence-corrected chi connectivity index (χ2v) is 6.00. The highest BCUT2D eigenvalue weighted by Gasteiger charge is 2.38. The van der Waals surface area contributed by atoms with Crippen LogP contribution < -0.4 is 0 Å². The molecule has 7 heteroatoms. The zero-order valence-corrected chi connectivity index (χ0v) is 11.0. The van der Waals surface area contributed by atoms with Crippen molar-refractivity contribution in [3.05, 3.63) is 0 Å². The first kappa shape index (κ1) is 14.4. The van der Waals surface area contributed by atoms with Gasteiger partial charge in [0.15, 0.2) is 0 Å². The van der Waals surface area contributed by atoms with E-state index in [9.17, 15) is 13.2 Å². The zero-order valence-electron chi connectivity index (χ0n) is 10.2. The first-order valence-corrected chi connectivity index (χ1v) is 7.20. The van der Waals surface area contributed by atoms with Gasteiger partial charge in [-0.2, -0.15) is 4.31 Å².